The van der Waals surface area contributed by atoms with Gasteiger partial charge in [0.25, 0.3) is 0 Å². The first-order valence-corrected chi connectivity index (χ1v) is 6.28. The zero-order chi connectivity index (χ0) is 13.1. The summed E-state index contributed by atoms with van der Waals surface area (Å²) in [5.41, 5.74) is 2.91. The summed E-state index contributed by atoms with van der Waals surface area (Å²) in [4.78, 5) is 15.9. The van der Waals surface area contributed by atoms with E-state index in [2.05, 4.69) is 11.1 Å². The number of fused-ring (bicyclic) bond motifs is 1. The van der Waals surface area contributed by atoms with Crippen molar-refractivity contribution in [2.45, 2.75) is 39.5 Å². The average molecular weight is 244 g/mol. The molecule has 4 heteroatoms. The monoisotopic (exact) mass is 244 g/mol. The molecule has 0 amide bonds. The van der Waals surface area contributed by atoms with Crippen LogP contribution < -0.4 is 4.74 Å². The van der Waals surface area contributed by atoms with Crippen LogP contribution in [-0.2, 0) is 12.8 Å². The second kappa shape index (κ2) is 5.18. The fourth-order valence-electron chi connectivity index (χ4n) is 2.44. The summed E-state index contributed by atoms with van der Waals surface area (Å²) in [7, 11) is 0. The van der Waals surface area contributed by atoms with Crippen molar-refractivity contribution in [3.05, 3.63) is 22.4 Å². The summed E-state index contributed by atoms with van der Waals surface area (Å²) in [6.07, 6.45) is 3.77. The normalized spacial score (nSPS) is 13.6. The minimum absolute atomic E-state index is 0.0569. The van der Waals surface area contributed by atoms with E-state index >= 15 is 0 Å². The molecule has 18 heavy (non-hydrogen) atoms. The molecule has 0 spiro atoms. The first-order valence-electron chi connectivity index (χ1n) is 6.28. The van der Waals surface area contributed by atoms with Crippen molar-refractivity contribution in [1.82, 2.24) is 4.98 Å². The van der Waals surface area contributed by atoms with Gasteiger partial charge in [0, 0.05) is 6.92 Å². The predicted octanol–water partition coefficient (Wildman–Crippen LogP) is 2.43. The number of nitriles is 1. The summed E-state index contributed by atoms with van der Waals surface area (Å²) in [6, 6.07) is 2.18. The number of Topliss-reactive ketones (excluding diaryl/α,β-unsaturated/α-hetero) is 1. The van der Waals surface area contributed by atoms with Gasteiger partial charge >= 0.3 is 0 Å². The van der Waals surface area contributed by atoms with Crippen LogP contribution in [0.2, 0.25) is 0 Å². The van der Waals surface area contributed by atoms with E-state index in [1.54, 1.807) is 0 Å². The topological polar surface area (TPSA) is 63.0 Å². The van der Waals surface area contributed by atoms with Crippen molar-refractivity contribution in [1.29, 1.82) is 5.26 Å². The maximum Gasteiger partial charge on any atom is 0.232 e. The molecular weight excluding hydrogens is 228 g/mol. The lowest BCUT2D eigenvalue weighted by Gasteiger charge is -2.20. The fourth-order valence-corrected chi connectivity index (χ4v) is 2.44. The van der Waals surface area contributed by atoms with Gasteiger partial charge in [0.15, 0.2) is 5.78 Å². The van der Waals surface area contributed by atoms with Crippen LogP contribution in [0.1, 0.15) is 53.9 Å². The first kappa shape index (κ1) is 12.6. The Morgan fingerprint density at radius 2 is 2.06 bits per heavy atom. The highest BCUT2D eigenvalue weighted by atomic mass is 16.5. The zero-order valence-corrected chi connectivity index (χ0v) is 10.7. The molecule has 4 nitrogen and oxygen atoms in total. The van der Waals surface area contributed by atoms with Crippen LogP contribution in [0.3, 0.4) is 0 Å². The molecule has 1 aromatic rings. The second-order valence-corrected chi connectivity index (χ2v) is 4.41. The van der Waals surface area contributed by atoms with Crippen LogP contribution in [-0.4, -0.2) is 17.4 Å². The number of carbonyl (C=O) groups is 1. The second-order valence-electron chi connectivity index (χ2n) is 4.41. The van der Waals surface area contributed by atoms with Crippen LogP contribution in [0.5, 0.6) is 5.88 Å². The number of rotatable bonds is 3. The lowest BCUT2D eigenvalue weighted by atomic mass is 9.87. The van der Waals surface area contributed by atoms with Gasteiger partial charge < -0.3 is 4.74 Å². The predicted molar refractivity (Wildman–Crippen MR) is 66.8 cm³/mol. The third-order valence-electron chi connectivity index (χ3n) is 3.21. The summed E-state index contributed by atoms with van der Waals surface area (Å²) >= 11 is 0. The van der Waals surface area contributed by atoms with Gasteiger partial charge in [-0.1, -0.05) is 0 Å². The third kappa shape index (κ3) is 2.08. The van der Waals surface area contributed by atoms with E-state index in [9.17, 15) is 10.1 Å². The maximum absolute atomic E-state index is 11.7. The molecule has 0 radical (unpaired) electrons. The van der Waals surface area contributed by atoms with Crippen molar-refractivity contribution in [2.24, 2.45) is 0 Å². The Morgan fingerprint density at radius 1 is 1.39 bits per heavy atom. The molecule has 1 aliphatic rings. The molecule has 1 aliphatic carbocycles. The van der Waals surface area contributed by atoms with E-state index < -0.39 is 0 Å². The molecule has 0 aromatic carbocycles. The van der Waals surface area contributed by atoms with Crippen molar-refractivity contribution in [3.63, 3.8) is 0 Å². The van der Waals surface area contributed by atoms with Crippen LogP contribution in [0.4, 0.5) is 0 Å². The molecule has 0 saturated heterocycles. The van der Waals surface area contributed by atoms with Crippen LogP contribution in [0.25, 0.3) is 0 Å². The Balaban J connectivity index is 2.67. The van der Waals surface area contributed by atoms with E-state index in [1.165, 1.54) is 6.92 Å². The number of nitrogens with zero attached hydrogens (tertiary/aromatic N) is 2. The standard InChI is InChI=1S/C14H16N2O2/c1-3-18-14-12(8-15)10-6-4-5-7-11(10)13(16-14)9(2)17/h3-7H2,1-2H3. The van der Waals surface area contributed by atoms with Crippen LogP contribution in [0, 0.1) is 11.3 Å². The van der Waals surface area contributed by atoms with E-state index in [-0.39, 0.29) is 5.78 Å². The highest BCUT2D eigenvalue weighted by Crippen LogP contribution is 2.31. The first-order chi connectivity index (χ1) is 8.69. The molecule has 0 saturated carbocycles. The Bertz CT molecular complexity index is 530. The lowest BCUT2D eigenvalue weighted by molar-refractivity contribution is 0.101. The summed E-state index contributed by atoms with van der Waals surface area (Å²) in [6.45, 7) is 3.80. The molecule has 0 atom stereocenters. The molecule has 0 unspecified atom stereocenters. The molecule has 0 bridgehead atoms. The van der Waals surface area contributed by atoms with Crippen molar-refractivity contribution in [3.8, 4) is 11.9 Å². The van der Waals surface area contributed by atoms with Gasteiger partial charge in [0.2, 0.25) is 5.88 Å². The average Bonchev–Trinajstić information content (AvgIpc) is 2.38. The van der Waals surface area contributed by atoms with Gasteiger partial charge in [-0.15, -0.1) is 0 Å². The Labute approximate surface area is 107 Å². The molecule has 0 aliphatic heterocycles. The van der Waals surface area contributed by atoms with E-state index in [4.69, 9.17) is 4.74 Å². The highest BCUT2D eigenvalue weighted by molar-refractivity contribution is 5.94. The number of hydrogen-bond donors (Lipinski definition) is 0. The Morgan fingerprint density at radius 3 is 2.61 bits per heavy atom. The highest BCUT2D eigenvalue weighted by Gasteiger charge is 2.24. The van der Waals surface area contributed by atoms with E-state index in [0.717, 1.165) is 36.8 Å². The summed E-state index contributed by atoms with van der Waals surface area (Å²) in [5, 5.41) is 9.28. The lowest BCUT2D eigenvalue weighted by Crippen LogP contribution is -2.15. The minimum Gasteiger partial charge on any atom is -0.477 e. The van der Waals surface area contributed by atoms with Crippen molar-refractivity contribution >= 4 is 5.78 Å². The van der Waals surface area contributed by atoms with Gasteiger partial charge in [-0.05, 0) is 43.7 Å². The maximum atomic E-state index is 11.7. The molecule has 1 heterocycles. The number of ketones is 1. The SMILES string of the molecule is CCOc1nc(C(C)=O)c2c(c1C#N)CCCC2. The number of pyridine rings is 1. The van der Waals surface area contributed by atoms with E-state index in [0.29, 0.717) is 23.7 Å². The van der Waals surface area contributed by atoms with Crippen LogP contribution in [0.15, 0.2) is 0 Å². The fraction of sp³-hybridized carbons (Fsp3) is 0.500. The third-order valence-corrected chi connectivity index (χ3v) is 3.21. The van der Waals surface area contributed by atoms with Crippen molar-refractivity contribution in [2.75, 3.05) is 6.61 Å². The van der Waals surface area contributed by atoms with E-state index in [1.807, 2.05) is 6.92 Å². The Kier molecular flexibility index (Phi) is 3.61. The number of aromatic nitrogens is 1. The molecule has 0 N–H and O–H groups in total. The van der Waals surface area contributed by atoms with Gasteiger partial charge in [-0.25, -0.2) is 4.98 Å². The minimum atomic E-state index is -0.0569. The zero-order valence-electron chi connectivity index (χ0n) is 10.7. The van der Waals surface area contributed by atoms with Crippen LogP contribution >= 0.6 is 0 Å². The quantitative estimate of drug-likeness (QED) is 0.766. The number of carbonyl (C=O) groups excluding carboxylic acids is 1. The number of hydrogen-bond acceptors (Lipinski definition) is 4. The molecule has 1 aromatic heterocycles. The van der Waals surface area contributed by atoms with Crippen molar-refractivity contribution < 1.29 is 9.53 Å². The largest absolute Gasteiger partial charge is 0.477 e. The van der Waals surface area contributed by atoms with Gasteiger partial charge in [-0.2, -0.15) is 5.26 Å². The summed E-state index contributed by atoms with van der Waals surface area (Å²) < 4.78 is 5.40. The van der Waals surface area contributed by atoms with Gasteiger partial charge in [0.1, 0.15) is 17.3 Å². The molecule has 2 rings (SSSR count). The molecule has 94 valence electrons. The molecule has 0 fully saturated rings. The Hall–Kier alpha value is -1.89. The summed E-state index contributed by atoms with van der Waals surface area (Å²) in [5.74, 6) is 0.254. The molecular formula is C14H16N2O2. The smallest absolute Gasteiger partial charge is 0.232 e. The van der Waals surface area contributed by atoms with Gasteiger partial charge in [-0.3, -0.25) is 4.79 Å². The van der Waals surface area contributed by atoms with Gasteiger partial charge in [0.05, 0.1) is 6.61 Å². The number of ether oxygens (including phenoxy) is 1.